The number of hydrogen-bond acceptors (Lipinski definition) is 7. The molecule has 46 heavy (non-hydrogen) atoms. The van der Waals surface area contributed by atoms with Crippen molar-refractivity contribution < 1.29 is 9.59 Å². The first-order valence-corrected chi connectivity index (χ1v) is 14.7. The van der Waals surface area contributed by atoms with E-state index in [1.165, 1.54) is 0 Å². The van der Waals surface area contributed by atoms with Gasteiger partial charge in [-0.3, -0.25) is 15.0 Å². The van der Waals surface area contributed by atoms with Gasteiger partial charge in [0.25, 0.3) is 11.8 Å². The lowest BCUT2D eigenvalue weighted by molar-refractivity contribution is 0.0881. The molecule has 11 heteroatoms. The topological polar surface area (TPSA) is 185 Å². The summed E-state index contributed by atoms with van der Waals surface area (Å²) < 4.78 is 0. The van der Waals surface area contributed by atoms with Gasteiger partial charge >= 0.3 is 0 Å². The van der Waals surface area contributed by atoms with Crippen LogP contribution >= 0.6 is 0 Å². The molecule has 0 aliphatic carbocycles. The van der Waals surface area contributed by atoms with Crippen molar-refractivity contribution in [1.82, 2.24) is 16.1 Å². The van der Waals surface area contributed by atoms with Crippen molar-refractivity contribution in [2.75, 3.05) is 0 Å². The maximum absolute atomic E-state index is 13.8. The maximum atomic E-state index is 13.8. The molecular formula is C35H39N9O2. The van der Waals surface area contributed by atoms with Crippen molar-refractivity contribution in [2.45, 2.75) is 39.0 Å². The van der Waals surface area contributed by atoms with Crippen LogP contribution in [0.4, 0.5) is 0 Å². The number of nitrogens with zero attached hydrogens (tertiary/aromatic N) is 3. The summed E-state index contributed by atoms with van der Waals surface area (Å²) in [5.41, 5.74) is 24.7. The second-order valence-corrected chi connectivity index (χ2v) is 10.7. The van der Waals surface area contributed by atoms with E-state index in [1.54, 1.807) is 56.3 Å². The van der Waals surface area contributed by atoms with Crippen LogP contribution in [0.3, 0.4) is 0 Å². The summed E-state index contributed by atoms with van der Waals surface area (Å²) in [7, 11) is 0. The molecule has 0 aliphatic heterocycles. The highest BCUT2D eigenvalue weighted by molar-refractivity contribution is 6.02. The number of rotatable bonds is 12. The van der Waals surface area contributed by atoms with Gasteiger partial charge in [-0.05, 0) is 67.3 Å². The van der Waals surface area contributed by atoms with Crippen LogP contribution in [0, 0.1) is 0 Å². The quantitative estimate of drug-likeness (QED) is 0.0605. The number of hydrazone groups is 1. The van der Waals surface area contributed by atoms with Gasteiger partial charge < -0.3 is 27.8 Å². The molecule has 0 saturated heterocycles. The fraction of sp³-hybridized carbons (Fsp3) is 0.171. The van der Waals surface area contributed by atoms with Gasteiger partial charge in [-0.25, -0.2) is 0 Å². The average Bonchev–Trinajstić information content (AvgIpc) is 3.08. The molecule has 0 aliphatic rings. The molecular weight excluding hydrogens is 578 g/mol. The molecule has 236 valence electrons. The van der Waals surface area contributed by atoms with Crippen molar-refractivity contribution in [1.29, 1.82) is 0 Å². The van der Waals surface area contributed by atoms with Gasteiger partial charge in [-0.2, -0.15) is 10.2 Å². The largest absolute Gasteiger partial charge is 0.369 e. The summed E-state index contributed by atoms with van der Waals surface area (Å²) in [6.07, 6.45) is -0.315. The van der Waals surface area contributed by atoms with E-state index < -0.39 is 12.1 Å². The molecule has 3 atom stereocenters. The number of hydrogen-bond donors (Lipinski definition) is 6. The van der Waals surface area contributed by atoms with E-state index in [0.29, 0.717) is 22.6 Å². The number of amides is 2. The zero-order chi connectivity index (χ0) is 33.1. The molecule has 0 aromatic heterocycles. The Morgan fingerprint density at radius 3 is 1.63 bits per heavy atom. The van der Waals surface area contributed by atoms with E-state index in [-0.39, 0.29) is 23.9 Å². The number of nitrogens with two attached hydrogens (primary N) is 3. The van der Waals surface area contributed by atoms with E-state index in [0.717, 1.165) is 22.3 Å². The Hall–Kier alpha value is -5.81. The minimum Gasteiger partial charge on any atom is -0.369 e. The summed E-state index contributed by atoms with van der Waals surface area (Å²) in [4.78, 5) is 27.5. The molecule has 11 nitrogen and oxygen atoms in total. The number of carbonyl (C=O) groups is 2. The Kier molecular flexibility index (Phi) is 11.3. The van der Waals surface area contributed by atoms with Crippen molar-refractivity contribution >= 4 is 29.2 Å². The number of nitrogens with one attached hydrogen (secondary N) is 3. The Labute approximate surface area is 268 Å². The number of carbonyl (C=O) groups excluding carboxylic acids is 2. The molecule has 0 spiro atoms. The standard InChI is InChI=1S/C35H39N9O2/c1-22(42-44-35(37)38)25-17-19-28(20-18-25)33(45)39-31(26-11-6-4-7-12-26)32(27-13-8-5-9-14-27)40-34(46)30-16-10-15-29(21-30)23(2)41-43-24(3)36/h4-21,24,31-32,43H,36H2,1-3H3,(H,39,45)(H,40,46)(H4,37,38,44)/b41-23+,42-22+/t24?,31?,32-/m1/s1. The molecule has 4 rings (SSSR count). The van der Waals surface area contributed by atoms with Crippen LogP contribution in [0.25, 0.3) is 0 Å². The van der Waals surface area contributed by atoms with E-state index in [2.05, 4.69) is 31.4 Å². The predicted molar refractivity (Wildman–Crippen MR) is 183 cm³/mol. The predicted octanol–water partition coefficient (Wildman–Crippen LogP) is 3.94. The third-order valence-corrected chi connectivity index (χ3v) is 7.08. The van der Waals surface area contributed by atoms with Crippen molar-refractivity contribution in [3.05, 3.63) is 143 Å². The highest BCUT2D eigenvalue weighted by Gasteiger charge is 2.29. The number of benzene rings is 4. The molecule has 0 heterocycles. The molecule has 0 radical (unpaired) electrons. The first-order chi connectivity index (χ1) is 22.1. The number of guanidine groups is 1. The summed E-state index contributed by atoms with van der Waals surface area (Å²) in [6.45, 7) is 5.39. The molecule has 2 amide bonds. The smallest absolute Gasteiger partial charge is 0.251 e. The van der Waals surface area contributed by atoms with Gasteiger partial charge in [0.15, 0.2) is 0 Å². The van der Waals surface area contributed by atoms with Crippen LogP contribution in [0.1, 0.15) is 75.8 Å². The van der Waals surface area contributed by atoms with Crippen LogP contribution in [0.2, 0.25) is 0 Å². The zero-order valence-corrected chi connectivity index (χ0v) is 26.0. The van der Waals surface area contributed by atoms with E-state index in [4.69, 9.17) is 17.2 Å². The highest BCUT2D eigenvalue weighted by atomic mass is 16.2. The van der Waals surface area contributed by atoms with Gasteiger partial charge in [-0.1, -0.05) is 84.9 Å². The van der Waals surface area contributed by atoms with Gasteiger partial charge in [-0.15, -0.1) is 5.10 Å². The van der Waals surface area contributed by atoms with E-state index >= 15 is 0 Å². The van der Waals surface area contributed by atoms with Crippen molar-refractivity contribution in [3.63, 3.8) is 0 Å². The Bertz CT molecular complexity index is 1710. The first-order valence-electron chi connectivity index (χ1n) is 14.7. The maximum Gasteiger partial charge on any atom is 0.251 e. The fourth-order valence-electron chi connectivity index (χ4n) is 4.69. The molecule has 4 aromatic rings. The van der Waals surface area contributed by atoms with E-state index in [9.17, 15) is 9.59 Å². The van der Waals surface area contributed by atoms with Gasteiger partial charge in [0.05, 0.1) is 29.7 Å². The minimum atomic E-state index is -0.619. The molecule has 0 fully saturated rings. The molecule has 9 N–H and O–H groups in total. The Balaban J connectivity index is 1.66. The third kappa shape index (κ3) is 9.10. The van der Waals surface area contributed by atoms with Crippen LogP contribution in [-0.4, -0.2) is 35.4 Å². The molecule has 2 unspecified atom stereocenters. The van der Waals surface area contributed by atoms with Gasteiger partial charge in [0, 0.05) is 11.1 Å². The summed E-state index contributed by atoms with van der Waals surface area (Å²) in [6, 6.07) is 32.0. The van der Waals surface area contributed by atoms with Crippen LogP contribution < -0.4 is 33.3 Å². The second kappa shape index (κ2) is 15.8. The minimum absolute atomic E-state index is 0.145. The SMILES string of the molecule is C/C(=N\N=C(N)N)c1ccc(C(=O)NC(c2ccccc2)[C@H](NC(=O)c2cccc(/C(C)=N/NC(C)N)c2)c2ccccc2)cc1. The zero-order valence-electron chi connectivity index (χ0n) is 26.0. The second-order valence-electron chi connectivity index (χ2n) is 10.7. The average molecular weight is 618 g/mol. The third-order valence-electron chi connectivity index (χ3n) is 7.08. The Morgan fingerprint density at radius 2 is 1.11 bits per heavy atom. The van der Waals surface area contributed by atoms with Gasteiger partial charge in [0.1, 0.15) is 0 Å². The monoisotopic (exact) mass is 617 g/mol. The van der Waals surface area contributed by atoms with E-state index in [1.807, 2.05) is 73.7 Å². The van der Waals surface area contributed by atoms with Crippen LogP contribution in [0.5, 0.6) is 0 Å². The van der Waals surface area contributed by atoms with Crippen LogP contribution in [-0.2, 0) is 0 Å². The van der Waals surface area contributed by atoms with Crippen molar-refractivity contribution in [2.24, 2.45) is 32.5 Å². The summed E-state index contributed by atoms with van der Waals surface area (Å²) in [5, 5.41) is 18.3. The highest BCUT2D eigenvalue weighted by Crippen LogP contribution is 2.30. The molecule has 4 aromatic carbocycles. The molecule has 0 bridgehead atoms. The summed E-state index contributed by atoms with van der Waals surface area (Å²) in [5.74, 6) is -0.767. The normalized spacial score (nSPS) is 13.6. The van der Waals surface area contributed by atoms with Crippen molar-refractivity contribution in [3.8, 4) is 0 Å². The lowest BCUT2D eigenvalue weighted by Crippen LogP contribution is -2.41. The fourth-order valence-corrected chi connectivity index (χ4v) is 4.69. The summed E-state index contributed by atoms with van der Waals surface area (Å²) >= 11 is 0. The Morgan fingerprint density at radius 1 is 0.609 bits per heavy atom. The van der Waals surface area contributed by atoms with Gasteiger partial charge in [0.2, 0.25) is 5.96 Å². The first kappa shape index (κ1) is 33.1. The van der Waals surface area contributed by atoms with Crippen LogP contribution in [0.15, 0.2) is 124 Å². The lowest BCUT2D eigenvalue weighted by atomic mass is 9.92. The lowest BCUT2D eigenvalue weighted by Gasteiger charge is -2.30. The molecule has 0 saturated carbocycles.